The highest BCUT2D eigenvalue weighted by Gasteiger charge is 2.32. The topological polar surface area (TPSA) is 24.9 Å². The highest BCUT2D eigenvalue weighted by Crippen LogP contribution is 2.39. The number of halogens is 1. The molecule has 1 fully saturated rings. The van der Waals surface area contributed by atoms with Crippen LogP contribution in [0.25, 0.3) is 0 Å². The van der Waals surface area contributed by atoms with Crippen LogP contribution in [0.15, 0.2) is 18.3 Å². The Labute approximate surface area is 122 Å². The summed E-state index contributed by atoms with van der Waals surface area (Å²) in [6.45, 7) is 5.47. The van der Waals surface area contributed by atoms with Gasteiger partial charge in [0.05, 0.1) is 17.9 Å². The van der Waals surface area contributed by atoms with E-state index >= 15 is 0 Å². The summed E-state index contributed by atoms with van der Waals surface area (Å²) in [6.07, 6.45) is 8.95. The molecule has 1 aromatic rings. The molecule has 2 nitrogen and oxygen atoms in total. The van der Waals surface area contributed by atoms with Gasteiger partial charge in [-0.15, -0.1) is 0 Å². The van der Waals surface area contributed by atoms with Gasteiger partial charge in [-0.1, -0.05) is 39.5 Å². The fourth-order valence-corrected chi connectivity index (χ4v) is 3.53. The first-order valence-corrected chi connectivity index (χ1v) is 8.11. The molecule has 112 valence electrons. The largest absolute Gasteiger partial charge is 0.308 e. The molecule has 0 amide bonds. The summed E-state index contributed by atoms with van der Waals surface area (Å²) in [6, 6.07) is 3.66. The van der Waals surface area contributed by atoms with Crippen LogP contribution in [0.5, 0.6) is 0 Å². The predicted octanol–water partition coefficient (Wildman–Crippen LogP) is 4.48. The molecule has 1 saturated carbocycles. The molecule has 0 aliphatic heterocycles. The third kappa shape index (κ3) is 3.78. The van der Waals surface area contributed by atoms with E-state index in [1.165, 1.54) is 44.4 Å². The van der Waals surface area contributed by atoms with Gasteiger partial charge in [0.25, 0.3) is 0 Å². The van der Waals surface area contributed by atoms with Gasteiger partial charge in [0.1, 0.15) is 5.82 Å². The maximum atomic E-state index is 13.1. The standard InChI is InChI=1S/C17H27FN2/c1-3-11-19-17(16-10-9-14(18)12-20-16)15-8-6-5-7-13(15)4-2/h9-10,12-13,15,17,19H,3-8,11H2,1-2H3. The summed E-state index contributed by atoms with van der Waals surface area (Å²) < 4.78 is 13.1. The molecule has 2 rings (SSSR count). The number of nitrogens with one attached hydrogen (secondary N) is 1. The molecule has 0 bridgehead atoms. The maximum Gasteiger partial charge on any atom is 0.141 e. The van der Waals surface area contributed by atoms with Crippen molar-refractivity contribution >= 4 is 0 Å². The SMILES string of the molecule is CCCNC(c1ccc(F)cn1)C1CCCCC1CC. The minimum atomic E-state index is -0.251. The van der Waals surface area contributed by atoms with Gasteiger partial charge in [-0.3, -0.25) is 4.98 Å². The molecule has 3 unspecified atom stereocenters. The first-order chi connectivity index (χ1) is 9.76. The number of rotatable bonds is 6. The molecule has 0 aromatic carbocycles. The molecule has 1 aliphatic carbocycles. The van der Waals surface area contributed by atoms with Crippen molar-refractivity contribution in [3.05, 3.63) is 29.8 Å². The fourth-order valence-electron chi connectivity index (χ4n) is 3.53. The van der Waals surface area contributed by atoms with Crippen LogP contribution >= 0.6 is 0 Å². The second kappa shape index (κ2) is 7.72. The summed E-state index contributed by atoms with van der Waals surface area (Å²) >= 11 is 0. The number of aromatic nitrogens is 1. The lowest BCUT2D eigenvalue weighted by atomic mass is 9.73. The Kier molecular flexibility index (Phi) is 5.96. The molecule has 3 heteroatoms. The summed E-state index contributed by atoms with van der Waals surface area (Å²) in [4.78, 5) is 4.34. The third-order valence-corrected chi connectivity index (χ3v) is 4.60. The Bertz CT molecular complexity index is 390. The zero-order valence-electron chi connectivity index (χ0n) is 12.7. The second-order valence-electron chi connectivity index (χ2n) is 5.95. The lowest BCUT2D eigenvalue weighted by molar-refractivity contribution is 0.173. The first kappa shape index (κ1) is 15.4. The molecule has 0 radical (unpaired) electrons. The minimum Gasteiger partial charge on any atom is -0.308 e. The van der Waals surface area contributed by atoms with E-state index in [-0.39, 0.29) is 11.9 Å². The van der Waals surface area contributed by atoms with Crippen molar-refractivity contribution in [3.63, 3.8) is 0 Å². The molecule has 1 aromatic heterocycles. The van der Waals surface area contributed by atoms with Crippen LogP contribution in [0.1, 0.15) is 64.1 Å². The quantitative estimate of drug-likeness (QED) is 0.830. The van der Waals surface area contributed by atoms with E-state index in [1.807, 2.05) is 6.07 Å². The van der Waals surface area contributed by atoms with Crippen molar-refractivity contribution < 1.29 is 4.39 Å². The van der Waals surface area contributed by atoms with Gasteiger partial charge in [0, 0.05) is 0 Å². The minimum absolute atomic E-state index is 0.251. The van der Waals surface area contributed by atoms with Crippen molar-refractivity contribution in [3.8, 4) is 0 Å². The van der Waals surface area contributed by atoms with Gasteiger partial charge in [-0.2, -0.15) is 0 Å². The smallest absolute Gasteiger partial charge is 0.141 e. The molecule has 1 heterocycles. The summed E-state index contributed by atoms with van der Waals surface area (Å²) in [5.74, 6) is 1.15. The molecular weight excluding hydrogens is 251 g/mol. The zero-order valence-corrected chi connectivity index (χ0v) is 12.7. The fraction of sp³-hybridized carbons (Fsp3) is 0.706. The Morgan fingerprint density at radius 1 is 1.30 bits per heavy atom. The number of pyridine rings is 1. The van der Waals surface area contributed by atoms with E-state index in [0.29, 0.717) is 5.92 Å². The van der Waals surface area contributed by atoms with Gasteiger partial charge in [0.2, 0.25) is 0 Å². The Morgan fingerprint density at radius 3 is 2.75 bits per heavy atom. The van der Waals surface area contributed by atoms with E-state index < -0.39 is 0 Å². The van der Waals surface area contributed by atoms with E-state index in [9.17, 15) is 4.39 Å². The summed E-state index contributed by atoms with van der Waals surface area (Å²) in [7, 11) is 0. The normalized spacial score (nSPS) is 24.6. The van der Waals surface area contributed by atoms with E-state index in [1.54, 1.807) is 0 Å². The Morgan fingerprint density at radius 2 is 2.10 bits per heavy atom. The highest BCUT2D eigenvalue weighted by molar-refractivity contribution is 5.12. The van der Waals surface area contributed by atoms with E-state index in [4.69, 9.17) is 0 Å². The summed E-state index contributed by atoms with van der Waals surface area (Å²) in [5, 5.41) is 3.65. The molecule has 0 saturated heterocycles. The Hall–Kier alpha value is -0.960. The molecule has 1 aliphatic rings. The van der Waals surface area contributed by atoms with Gasteiger partial charge in [-0.25, -0.2) is 4.39 Å². The van der Waals surface area contributed by atoms with Crippen molar-refractivity contribution in [2.24, 2.45) is 11.8 Å². The lowest BCUT2D eigenvalue weighted by Crippen LogP contribution is -2.35. The van der Waals surface area contributed by atoms with Crippen LogP contribution in [0.2, 0.25) is 0 Å². The molecule has 3 atom stereocenters. The van der Waals surface area contributed by atoms with Crippen molar-refractivity contribution in [1.82, 2.24) is 10.3 Å². The van der Waals surface area contributed by atoms with Crippen LogP contribution in [-0.2, 0) is 0 Å². The van der Waals surface area contributed by atoms with Gasteiger partial charge >= 0.3 is 0 Å². The average Bonchev–Trinajstić information content (AvgIpc) is 2.50. The van der Waals surface area contributed by atoms with Crippen LogP contribution < -0.4 is 5.32 Å². The van der Waals surface area contributed by atoms with Crippen LogP contribution in [0.4, 0.5) is 4.39 Å². The van der Waals surface area contributed by atoms with E-state index in [2.05, 4.69) is 24.1 Å². The molecule has 0 spiro atoms. The monoisotopic (exact) mass is 278 g/mol. The number of nitrogens with zero attached hydrogens (tertiary/aromatic N) is 1. The van der Waals surface area contributed by atoms with Gasteiger partial charge in [0.15, 0.2) is 0 Å². The molecule has 20 heavy (non-hydrogen) atoms. The Balaban J connectivity index is 2.18. The van der Waals surface area contributed by atoms with Gasteiger partial charge in [-0.05, 0) is 43.4 Å². The van der Waals surface area contributed by atoms with E-state index in [0.717, 1.165) is 24.6 Å². The first-order valence-electron chi connectivity index (χ1n) is 8.11. The second-order valence-corrected chi connectivity index (χ2v) is 5.95. The van der Waals surface area contributed by atoms with Crippen molar-refractivity contribution in [2.45, 2.75) is 58.4 Å². The average molecular weight is 278 g/mol. The van der Waals surface area contributed by atoms with Gasteiger partial charge < -0.3 is 5.32 Å². The van der Waals surface area contributed by atoms with Crippen molar-refractivity contribution in [2.75, 3.05) is 6.54 Å². The predicted molar refractivity (Wildman–Crippen MR) is 81.0 cm³/mol. The number of hydrogen-bond donors (Lipinski definition) is 1. The lowest BCUT2D eigenvalue weighted by Gasteiger charge is -2.37. The summed E-state index contributed by atoms with van der Waals surface area (Å²) in [5.41, 5.74) is 1.00. The third-order valence-electron chi connectivity index (χ3n) is 4.60. The van der Waals surface area contributed by atoms with Crippen LogP contribution in [-0.4, -0.2) is 11.5 Å². The van der Waals surface area contributed by atoms with Crippen LogP contribution in [0, 0.1) is 17.7 Å². The zero-order chi connectivity index (χ0) is 14.4. The number of hydrogen-bond acceptors (Lipinski definition) is 2. The molecular formula is C17H27FN2. The van der Waals surface area contributed by atoms with Crippen molar-refractivity contribution in [1.29, 1.82) is 0 Å². The van der Waals surface area contributed by atoms with Crippen LogP contribution in [0.3, 0.4) is 0 Å². The maximum absolute atomic E-state index is 13.1. The highest BCUT2D eigenvalue weighted by atomic mass is 19.1. The molecule has 1 N–H and O–H groups in total.